The van der Waals surface area contributed by atoms with Gasteiger partial charge in [-0.1, -0.05) is 59.1 Å². The summed E-state index contributed by atoms with van der Waals surface area (Å²) in [5.74, 6) is -0.536. The van der Waals surface area contributed by atoms with Crippen molar-refractivity contribution in [3.8, 4) is 5.69 Å². The van der Waals surface area contributed by atoms with E-state index in [9.17, 15) is 18.0 Å². The van der Waals surface area contributed by atoms with Crippen molar-refractivity contribution in [3.63, 3.8) is 0 Å². The van der Waals surface area contributed by atoms with Crippen LogP contribution in [-0.2, 0) is 17.1 Å². The van der Waals surface area contributed by atoms with E-state index in [2.05, 4.69) is 5.32 Å². The number of carbonyl (C=O) groups is 1. The fourth-order valence-electron chi connectivity index (χ4n) is 4.24. The number of amides is 1. The average Bonchev–Trinajstić information content (AvgIpc) is 3.11. The molecule has 1 atom stereocenters. The molecule has 39 heavy (non-hydrogen) atoms. The highest BCUT2D eigenvalue weighted by atomic mass is 35.5. The molecule has 0 aliphatic carbocycles. The molecule has 4 aromatic rings. The first-order chi connectivity index (χ1) is 18.3. The minimum Gasteiger partial charge on any atom is -0.345 e. The summed E-state index contributed by atoms with van der Waals surface area (Å²) in [6, 6.07) is 17.2. The first-order valence-corrected chi connectivity index (χ1v) is 14.3. The van der Waals surface area contributed by atoms with Crippen LogP contribution in [0.15, 0.2) is 76.4 Å². The summed E-state index contributed by atoms with van der Waals surface area (Å²) in [4.78, 5) is 26.2. The van der Waals surface area contributed by atoms with Gasteiger partial charge in [0.2, 0.25) is 0 Å². The van der Waals surface area contributed by atoms with Crippen molar-refractivity contribution in [2.45, 2.75) is 24.8 Å². The molecular formula is C27H25Cl3N4O4S. The Labute approximate surface area is 241 Å². The number of aromatic nitrogens is 2. The van der Waals surface area contributed by atoms with Crippen molar-refractivity contribution in [3.05, 3.63) is 109 Å². The number of sulfonamides is 1. The van der Waals surface area contributed by atoms with Crippen LogP contribution in [0.25, 0.3) is 5.69 Å². The zero-order chi connectivity index (χ0) is 28.6. The third-order valence-corrected chi connectivity index (χ3v) is 9.25. The van der Waals surface area contributed by atoms with Crippen LogP contribution in [-0.4, -0.2) is 30.7 Å². The lowest BCUT2D eigenvalue weighted by atomic mass is 10.1. The van der Waals surface area contributed by atoms with E-state index in [1.165, 1.54) is 29.9 Å². The summed E-state index contributed by atoms with van der Waals surface area (Å²) < 4.78 is 31.3. The standard InChI is InChI=1S/C27H25Cl3N4O4S/c1-16(21-12-11-19(28)15-23(21)30)31-26(35)18-10-13-22(29)24(14-18)39(37,38)33(4)25-17(2)32(3)34(27(25)36)20-8-6-5-7-9-20/h5-16H,1-4H3,(H,31,35)/t16-/m0/s1. The summed E-state index contributed by atoms with van der Waals surface area (Å²) in [6.45, 7) is 3.39. The lowest BCUT2D eigenvalue weighted by Gasteiger charge is -2.20. The first-order valence-electron chi connectivity index (χ1n) is 11.7. The van der Waals surface area contributed by atoms with E-state index in [0.29, 0.717) is 27.0 Å². The van der Waals surface area contributed by atoms with Crippen LogP contribution >= 0.6 is 34.8 Å². The number of halogens is 3. The first kappa shape index (κ1) is 28.8. The molecule has 1 N–H and O–H groups in total. The van der Waals surface area contributed by atoms with Gasteiger partial charge >= 0.3 is 0 Å². The summed E-state index contributed by atoms with van der Waals surface area (Å²) in [7, 11) is -1.40. The maximum atomic E-state index is 13.7. The molecule has 204 valence electrons. The Balaban J connectivity index is 1.69. The minimum absolute atomic E-state index is 0.0433. The zero-order valence-corrected chi connectivity index (χ0v) is 24.5. The highest BCUT2D eigenvalue weighted by Gasteiger charge is 2.31. The van der Waals surface area contributed by atoms with Gasteiger partial charge in [0.05, 0.1) is 22.4 Å². The maximum Gasteiger partial charge on any atom is 0.296 e. The largest absolute Gasteiger partial charge is 0.345 e. The van der Waals surface area contributed by atoms with Crippen LogP contribution in [0.1, 0.15) is 34.6 Å². The minimum atomic E-state index is -4.34. The third-order valence-electron chi connectivity index (χ3n) is 6.45. The molecule has 0 aliphatic heterocycles. The van der Waals surface area contributed by atoms with Crippen molar-refractivity contribution in [2.24, 2.45) is 7.05 Å². The molecule has 4 rings (SSSR count). The number of anilines is 1. The van der Waals surface area contributed by atoms with Gasteiger partial charge in [-0.2, -0.15) is 0 Å². The van der Waals surface area contributed by atoms with Gasteiger partial charge in [0, 0.05) is 29.7 Å². The molecule has 12 heteroatoms. The van der Waals surface area contributed by atoms with Crippen LogP contribution in [0.3, 0.4) is 0 Å². The number of nitrogens with one attached hydrogen (secondary N) is 1. The van der Waals surface area contributed by atoms with Gasteiger partial charge in [0.25, 0.3) is 21.5 Å². The number of nitrogens with zero attached hydrogens (tertiary/aromatic N) is 3. The van der Waals surface area contributed by atoms with Gasteiger partial charge < -0.3 is 5.32 Å². The predicted octanol–water partition coefficient (Wildman–Crippen LogP) is 5.76. The molecule has 0 fully saturated rings. The van der Waals surface area contributed by atoms with Gasteiger partial charge in [-0.05, 0) is 61.9 Å². The van der Waals surface area contributed by atoms with Gasteiger partial charge in [-0.15, -0.1) is 0 Å². The molecule has 0 saturated heterocycles. The Morgan fingerprint density at radius 3 is 2.28 bits per heavy atom. The second-order valence-corrected chi connectivity index (χ2v) is 12.1. The van der Waals surface area contributed by atoms with Gasteiger partial charge in [-0.25, -0.2) is 13.1 Å². The normalized spacial score (nSPS) is 12.3. The zero-order valence-electron chi connectivity index (χ0n) is 21.4. The average molecular weight is 608 g/mol. The van der Waals surface area contributed by atoms with Crippen LogP contribution < -0.4 is 15.2 Å². The molecule has 0 aliphatic rings. The second-order valence-electron chi connectivity index (χ2n) is 8.89. The lowest BCUT2D eigenvalue weighted by Crippen LogP contribution is -2.32. The highest BCUT2D eigenvalue weighted by molar-refractivity contribution is 7.93. The molecule has 8 nitrogen and oxygen atoms in total. The Bertz CT molecular complexity index is 1730. The Hall–Kier alpha value is -3.24. The topological polar surface area (TPSA) is 93.4 Å². The molecule has 0 spiro atoms. The Kier molecular flexibility index (Phi) is 8.18. The number of benzene rings is 3. The lowest BCUT2D eigenvalue weighted by molar-refractivity contribution is 0.0939. The van der Waals surface area contributed by atoms with E-state index in [0.717, 1.165) is 4.31 Å². The van der Waals surface area contributed by atoms with Crippen LogP contribution in [0.5, 0.6) is 0 Å². The second kappa shape index (κ2) is 11.1. The third kappa shape index (κ3) is 5.45. The molecule has 0 saturated carbocycles. The molecule has 1 amide bonds. The number of hydrogen-bond donors (Lipinski definition) is 1. The molecular weight excluding hydrogens is 583 g/mol. The van der Waals surface area contributed by atoms with E-state index in [1.807, 2.05) is 6.07 Å². The van der Waals surface area contributed by atoms with E-state index in [-0.39, 0.29) is 21.2 Å². The number of carbonyl (C=O) groups excluding carboxylic acids is 1. The summed E-state index contributed by atoms with van der Waals surface area (Å²) in [5.41, 5.74) is 1.15. The van der Waals surface area contributed by atoms with Crippen molar-refractivity contribution < 1.29 is 13.2 Å². The van der Waals surface area contributed by atoms with E-state index >= 15 is 0 Å². The van der Waals surface area contributed by atoms with Crippen LogP contribution in [0.2, 0.25) is 15.1 Å². The van der Waals surface area contributed by atoms with Crippen LogP contribution in [0, 0.1) is 6.92 Å². The maximum absolute atomic E-state index is 13.7. The fourth-order valence-corrected chi connectivity index (χ4v) is 6.56. The molecule has 3 aromatic carbocycles. The quantitative estimate of drug-likeness (QED) is 0.289. The molecule has 0 bridgehead atoms. The molecule has 0 radical (unpaired) electrons. The Morgan fingerprint density at radius 2 is 1.64 bits per heavy atom. The predicted molar refractivity (Wildman–Crippen MR) is 155 cm³/mol. The summed E-state index contributed by atoms with van der Waals surface area (Å²) >= 11 is 18.5. The van der Waals surface area contributed by atoms with Crippen molar-refractivity contribution in [1.82, 2.24) is 14.7 Å². The van der Waals surface area contributed by atoms with Crippen molar-refractivity contribution in [2.75, 3.05) is 11.4 Å². The van der Waals surface area contributed by atoms with E-state index in [4.69, 9.17) is 34.8 Å². The summed E-state index contributed by atoms with van der Waals surface area (Å²) in [6.07, 6.45) is 0. The van der Waals surface area contributed by atoms with Crippen molar-refractivity contribution in [1.29, 1.82) is 0 Å². The molecule has 0 unspecified atom stereocenters. The number of rotatable bonds is 7. The van der Waals surface area contributed by atoms with Crippen LogP contribution in [0.4, 0.5) is 5.69 Å². The van der Waals surface area contributed by atoms with Gasteiger partial charge in [0.15, 0.2) is 0 Å². The smallest absolute Gasteiger partial charge is 0.296 e. The fraction of sp³-hybridized carbons (Fsp3) is 0.185. The SMILES string of the molecule is Cc1c(N(C)S(=O)(=O)c2cc(C(=O)N[C@@H](C)c3ccc(Cl)cc3Cl)ccc2Cl)c(=O)n(-c2ccccc2)n1C. The number of para-hydroxylation sites is 1. The van der Waals surface area contributed by atoms with E-state index in [1.54, 1.807) is 68.0 Å². The van der Waals surface area contributed by atoms with Gasteiger partial charge in [0.1, 0.15) is 10.6 Å². The monoisotopic (exact) mass is 606 g/mol. The number of hydrogen-bond acceptors (Lipinski definition) is 4. The molecule has 1 aromatic heterocycles. The highest BCUT2D eigenvalue weighted by Crippen LogP contribution is 2.30. The Morgan fingerprint density at radius 1 is 0.974 bits per heavy atom. The molecule has 1 heterocycles. The van der Waals surface area contributed by atoms with Gasteiger partial charge in [-0.3, -0.25) is 18.6 Å². The summed E-state index contributed by atoms with van der Waals surface area (Å²) in [5, 5.41) is 3.56. The van der Waals surface area contributed by atoms with Crippen molar-refractivity contribution >= 4 is 56.4 Å². The van der Waals surface area contributed by atoms with E-state index < -0.39 is 27.5 Å².